The van der Waals surface area contributed by atoms with Crippen LogP contribution in [-0.4, -0.2) is 50.1 Å². The highest BCUT2D eigenvalue weighted by molar-refractivity contribution is 9.10. The van der Waals surface area contributed by atoms with Crippen molar-refractivity contribution < 1.29 is 0 Å². The van der Waals surface area contributed by atoms with Gasteiger partial charge in [-0.1, -0.05) is 40.2 Å². The Morgan fingerprint density at radius 1 is 1.36 bits per heavy atom. The molecule has 0 aromatic heterocycles. The van der Waals surface area contributed by atoms with Gasteiger partial charge in [0.1, 0.15) is 0 Å². The van der Waals surface area contributed by atoms with E-state index in [0.717, 1.165) is 62.3 Å². The van der Waals surface area contributed by atoms with Crippen molar-refractivity contribution in [3.8, 4) is 0 Å². The number of benzene rings is 1. The van der Waals surface area contributed by atoms with Crippen LogP contribution in [-0.2, 0) is 6.42 Å². The van der Waals surface area contributed by atoms with Gasteiger partial charge in [-0.15, -0.1) is 0 Å². The van der Waals surface area contributed by atoms with Crippen LogP contribution in [0.4, 0.5) is 0 Å². The molecular weight excluding hydrogens is 376 g/mol. The highest BCUT2D eigenvalue weighted by Gasteiger charge is 2.19. The molecule has 0 aliphatic carbocycles. The smallest absolute Gasteiger partial charge is 0.191 e. The maximum atomic E-state index is 4.37. The molecular formula is C20H31BrN4. The van der Waals surface area contributed by atoms with Crippen LogP contribution in [0.15, 0.2) is 45.9 Å². The fraction of sp³-hybridized carbons (Fsp3) is 0.550. The number of nitrogens with one attached hydrogen (secondary N) is 2. The second-order valence-electron chi connectivity index (χ2n) is 6.88. The molecule has 0 unspecified atom stereocenters. The average molecular weight is 407 g/mol. The molecule has 1 fully saturated rings. The maximum Gasteiger partial charge on any atom is 0.191 e. The lowest BCUT2D eigenvalue weighted by molar-refractivity contribution is 0.221. The molecule has 1 aromatic carbocycles. The summed E-state index contributed by atoms with van der Waals surface area (Å²) in [4.78, 5) is 6.85. The van der Waals surface area contributed by atoms with Gasteiger partial charge in [-0.25, -0.2) is 0 Å². The van der Waals surface area contributed by atoms with Crippen LogP contribution in [0.2, 0.25) is 0 Å². The first kappa shape index (κ1) is 20.0. The van der Waals surface area contributed by atoms with E-state index in [1.54, 1.807) is 0 Å². The maximum absolute atomic E-state index is 4.37. The van der Waals surface area contributed by atoms with E-state index >= 15 is 0 Å². The highest BCUT2D eigenvalue weighted by Crippen LogP contribution is 2.13. The molecule has 138 valence electrons. The number of halogens is 1. The predicted octanol–water partition coefficient (Wildman–Crippen LogP) is 3.59. The van der Waals surface area contributed by atoms with Crippen molar-refractivity contribution in [3.63, 3.8) is 0 Å². The van der Waals surface area contributed by atoms with Crippen LogP contribution >= 0.6 is 15.9 Å². The molecule has 1 aromatic rings. The van der Waals surface area contributed by atoms with Crippen LogP contribution in [0, 0.1) is 0 Å². The molecule has 2 N–H and O–H groups in total. The SMILES string of the molecule is C=C(C)CN1CCC(NC(=NC)NCCCc2cccc(Br)c2)CC1. The summed E-state index contributed by atoms with van der Waals surface area (Å²) in [5, 5.41) is 7.01. The summed E-state index contributed by atoms with van der Waals surface area (Å²) < 4.78 is 1.15. The number of piperidine rings is 1. The van der Waals surface area contributed by atoms with Crippen LogP contribution in [0.1, 0.15) is 31.7 Å². The Hall–Kier alpha value is -1.33. The Labute approximate surface area is 160 Å². The molecule has 4 nitrogen and oxygen atoms in total. The van der Waals surface area contributed by atoms with E-state index in [4.69, 9.17) is 0 Å². The molecule has 25 heavy (non-hydrogen) atoms. The quantitative estimate of drug-likeness (QED) is 0.314. The van der Waals surface area contributed by atoms with Crippen molar-refractivity contribution in [2.24, 2.45) is 4.99 Å². The monoisotopic (exact) mass is 406 g/mol. The van der Waals surface area contributed by atoms with Crippen molar-refractivity contribution in [2.75, 3.05) is 33.2 Å². The summed E-state index contributed by atoms with van der Waals surface area (Å²) in [5.74, 6) is 0.924. The molecule has 1 aliphatic heterocycles. The Kier molecular flexibility index (Phi) is 8.49. The lowest BCUT2D eigenvalue weighted by atomic mass is 10.0. The summed E-state index contributed by atoms with van der Waals surface area (Å²) in [7, 11) is 1.85. The van der Waals surface area contributed by atoms with Gasteiger partial charge in [0.05, 0.1) is 0 Å². The van der Waals surface area contributed by atoms with Gasteiger partial charge in [0, 0.05) is 43.7 Å². The van der Waals surface area contributed by atoms with Crippen molar-refractivity contribution in [1.29, 1.82) is 0 Å². The van der Waals surface area contributed by atoms with Crippen LogP contribution < -0.4 is 10.6 Å². The highest BCUT2D eigenvalue weighted by atomic mass is 79.9. The van der Waals surface area contributed by atoms with Crippen LogP contribution in [0.3, 0.4) is 0 Å². The molecule has 0 amide bonds. The topological polar surface area (TPSA) is 39.7 Å². The first-order chi connectivity index (χ1) is 12.1. The van der Waals surface area contributed by atoms with E-state index in [-0.39, 0.29) is 0 Å². The van der Waals surface area contributed by atoms with Crippen molar-refractivity contribution in [2.45, 2.75) is 38.6 Å². The van der Waals surface area contributed by atoms with E-state index in [1.165, 1.54) is 11.1 Å². The lowest BCUT2D eigenvalue weighted by Crippen LogP contribution is -2.49. The van der Waals surface area contributed by atoms with E-state index in [0.29, 0.717) is 6.04 Å². The molecule has 0 bridgehead atoms. The molecule has 0 atom stereocenters. The number of hydrogen-bond donors (Lipinski definition) is 2. The zero-order chi connectivity index (χ0) is 18.1. The van der Waals surface area contributed by atoms with Crippen LogP contribution in [0.5, 0.6) is 0 Å². The van der Waals surface area contributed by atoms with Gasteiger partial charge in [0.2, 0.25) is 0 Å². The minimum Gasteiger partial charge on any atom is -0.356 e. The van der Waals surface area contributed by atoms with Crippen molar-refractivity contribution in [3.05, 3.63) is 46.5 Å². The number of likely N-dealkylation sites (tertiary alicyclic amines) is 1. The van der Waals surface area contributed by atoms with Gasteiger partial charge < -0.3 is 10.6 Å². The van der Waals surface area contributed by atoms with Gasteiger partial charge in [-0.2, -0.15) is 0 Å². The first-order valence-corrected chi connectivity index (χ1v) is 9.94. The van der Waals surface area contributed by atoms with E-state index in [9.17, 15) is 0 Å². The Bertz CT molecular complexity index is 577. The molecule has 0 spiro atoms. The summed E-state index contributed by atoms with van der Waals surface area (Å²) in [6.07, 6.45) is 4.48. The number of hydrogen-bond acceptors (Lipinski definition) is 2. The summed E-state index contributed by atoms with van der Waals surface area (Å²) >= 11 is 3.53. The number of nitrogens with zero attached hydrogens (tertiary/aromatic N) is 2. The van der Waals surface area contributed by atoms with Gasteiger partial charge in [0.25, 0.3) is 0 Å². The van der Waals surface area contributed by atoms with E-state index in [2.05, 4.69) is 74.2 Å². The number of rotatable bonds is 7. The largest absolute Gasteiger partial charge is 0.356 e. The minimum absolute atomic E-state index is 0.512. The Morgan fingerprint density at radius 3 is 2.76 bits per heavy atom. The fourth-order valence-electron chi connectivity index (χ4n) is 3.20. The molecule has 0 saturated carbocycles. The normalized spacial score (nSPS) is 16.7. The van der Waals surface area contributed by atoms with Gasteiger partial charge in [-0.05, 0) is 50.3 Å². The number of aliphatic imine (C=N–C) groups is 1. The zero-order valence-electron chi connectivity index (χ0n) is 15.5. The van der Waals surface area contributed by atoms with Gasteiger partial charge >= 0.3 is 0 Å². The molecule has 2 rings (SSSR count). The second kappa shape index (κ2) is 10.6. The molecule has 0 radical (unpaired) electrons. The standard InChI is InChI=1S/C20H31BrN4/c1-16(2)15-25-12-9-19(10-13-25)24-20(22-3)23-11-5-7-17-6-4-8-18(21)14-17/h4,6,8,14,19H,1,5,7,9-13,15H2,2-3H3,(H2,22,23,24). The van der Waals surface area contributed by atoms with Crippen LogP contribution in [0.25, 0.3) is 0 Å². The van der Waals surface area contributed by atoms with Gasteiger partial charge in [-0.3, -0.25) is 9.89 Å². The molecule has 1 saturated heterocycles. The minimum atomic E-state index is 0.512. The number of guanidine groups is 1. The zero-order valence-corrected chi connectivity index (χ0v) is 17.1. The van der Waals surface area contributed by atoms with E-state index < -0.39 is 0 Å². The predicted molar refractivity (Wildman–Crippen MR) is 111 cm³/mol. The van der Waals surface area contributed by atoms with Gasteiger partial charge in [0.15, 0.2) is 5.96 Å². The third-order valence-electron chi connectivity index (χ3n) is 4.47. The van der Waals surface area contributed by atoms with E-state index in [1.807, 2.05) is 7.05 Å². The molecule has 1 aliphatic rings. The molecule has 1 heterocycles. The molecule has 5 heteroatoms. The lowest BCUT2D eigenvalue weighted by Gasteiger charge is -2.33. The third kappa shape index (κ3) is 7.61. The summed E-state index contributed by atoms with van der Waals surface area (Å²) in [6.45, 7) is 10.3. The summed E-state index contributed by atoms with van der Waals surface area (Å²) in [5.41, 5.74) is 2.61. The second-order valence-corrected chi connectivity index (χ2v) is 7.80. The Morgan fingerprint density at radius 2 is 2.12 bits per heavy atom. The third-order valence-corrected chi connectivity index (χ3v) is 4.96. The fourth-order valence-corrected chi connectivity index (χ4v) is 3.64. The number of aryl methyl sites for hydroxylation is 1. The summed E-state index contributed by atoms with van der Waals surface area (Å²) in [6, 6.07) is 9.03. The average Bonchev–Trinajstić information content (AvgIpc) is 2.59. The Balaban J connectivity index is 1.65. The first-order valence-electron chi connectivity index (χ1n) is 9.15. The van der Waals surface area contributed by atoms with Crippen molar-refractivity contribution in [1.82, 2.24) is 15.5 Å². The van der Waals surface area contributed by atoms with Crippen molar-refractivity contribution >= 4 is 21.9 Å².